The first-order valence-corrected chi connectivity index (χ1v) is 17.7. The fourth-order valence-corrected chi connectivity index (χ4v) is 6.60. The summed E-state index contributed by atoms with van der Waals surface area (Å²) in [4.78, 5) is 13.5. The number of rotatable bonds is 5. The Balaban J connectivity index is 0.000000289. The predicted octanol–water partition coefficient (Wildman–Crippen LogP) is 12.6. The van der Waals surface area contributed by atoms with Crippen molar-refractivity contribution in [2.24, 2.45) is 0 Å². The summed E-state index contributed by atoms with van der Waals surface area (Å²) < 4.78 is 0. The van der Waals surface area contributed by atoms with E-state index in [0.717, 1.165) is 39.0 Å². The largest absolute Gasteiger partial charge is 0.305 e. The molecule has 0 N–H and O–H groups in total. The van der Waals surface area contributed by atoms with Crippen molar-refractivity contribution in [2.45, 2.75) is 40.0 Å². The molecule has 5 aromatic carbocycles. The average Bonchev–Trinajstić information content (AvgIpc) is 3.18. The number of nitrogens with zero attached hydrogens (tertiary/aromatic N) is 3. The van der Waals surface area contributed by atoms with E-state index >= 15 is 0 Å². The summed E-state index contributed by atoms with van der Waals surface area (Å²) in [5.41, 5.74) is 15.0. The van der Waals surface area contributed by atoms with Crippen molar-refractivity contribution >= 4 is 10.8 Å². The number of hydrogen-bond acceptors (Lipinski definition) is 3. The van der Waals surface area contributed by atoms with Gasteiger partial charge in [0.15, 0.2) is 0 Å². The Kier molecular flexibility index (Phi) is 11.5. The summed E-state index contributed by atoms with van der Waals surface area (Å²) in [6.07, 6.45) is 7.60. The molecule has 0 aliphatic carbocycles. The van der Waals surface area contributed by atoms with E-state index in [1.807, 2.05) is 61.2 Å². The minimum absolute atomic E-state index is 0. The molecule has 0 atom stereocenters. The van der Waals surface area contributed by atoms with E-state index in [2.05, 4.69) is 159 Å². The SMILES string of the molecule is Cc1c(-c2ccccc2)cccc1-c1ccc(-c2cc[c-]c(-c3cc(C(C)(C)C)ccn3)c2)c2cnccc12.Cc1ccnc(-c2[c-]cccc2)c1.[Ir]. The molecule has 0 aliphatic rings. The van der Waals surface area contributed by atoms with Crippen LogP contribution in [0.2, 0.25) is 0 Å². The Morgan fingerprint density at radius 3 is 1.98 bits per heavy atom. The molecule has 0 amide bonds. The molecule has 3 aromatic heterocycles. The second kappa shape index (κ2) is 16.4. The van der Waals surface area contributed by atoms with Gasteiger partial charge in [0.05, 0.1) is 0 Å². The molecule has 8 aromatic rings. The summed E-state index contributed by atoms with van der Waals surface area (Å²) in [5, 5.41) is 2.33. The monoisotopic (exact) mass is 864 g/mol. The summed E-state index contributed by atoms with van der Waals surface area (Å²) >= 11 is 0. The average molecular weight is 864 g/mol. The quantitative estimate of drug-likeness (QED) is 0.162. The van der Waals surface area contributed by atoms with Crippen LogP contribution in [0.1, 0.15) is 37.5 Å². The van der Waals surface area contributed by atoms with Crippen LogP contribution in [0.4, 0.5) is 0 Å². The minimum Gasteiger partial charge on any atom is -0.305 e. The molecule has 263 valence electrons. The molecule has 8 rings (SSSR count). The normalized spacial score (nSPS) is 11.0. The van der Waals surface area contributed by atoms with Gasteiger partial charge in [-0.1, -0.05) is 99.1 Å². The minimum atomic E-state index is 0. The maximum Gasteiger partial charge on any atom is 0.0352 e. The number of aromatic nitrogens is 3. The Hall–Kier alpha value is -5.54. The molecule has 0 unspecified atom stereocenters. The molecule has 0 spiro atoms. The van der Waals surface area contributed by atoms with Gasteiger partial charge in [-0.25, -0.2) is 0 Å². The van der Waals surface area contributed by atoms with E-state index in [9.17, 15) is 0 Å². The van der Waals surface area contributed by atoms with Crippen LogP contribution < -0.4 is 0 Å². The van der Waals surface area contributed by atoms with Gasteiger partial charge in [0, 0.05) is 50.3 Å². The molecule has 4 heteroatoms. The maximum absolute atomic E-state index is 4.67. The summed E-state index contributed by atoms with van der Waals surface area (Å²) in [5.74, 6) is 0. The molecular weight excluding hydrogens is 823 g/mol. The maximum atomic E-state index is 4.67. The number of fused-ring (bicyclic) bond motifs is 1. The molecule has 0 fully saturated rings. The standard InChI is InChI=1S/C37H31N2.C12H10N.Ir/c1-25-30(26-10-6-5-7-11-26)14-9-15-31(25)33-17-16-32(35-24-38-20-19-34(33)35)27-12-8-13-28(22-27)36-23-29(18-21-39-36)37(2,3)4;1-10-7-8-13-12(9-10)11-5-3-2-4-6-11;/h5-12,14-24H,1-4H3;2-5,7-9H,1H3;/q2*-1;. The molecule has 0 aliphatic heterocycles. The summed E-state index contributed by atoms with van der Waals surface area (Å²) in [7, 11) is 0. The van der Waals surface area contributed by atoms with Crippen LogP contribution in [0.3, 0.4) is 0 Å². The smallest absolute Gasteiger partial charge is 0.0352 e. The number of hydrogen-bond donors (Lipinski definition) is 0. The number of aryl methyl sites for hydroxylation is 1. The Morgan fingerprint density at radius 2 is 1.23 bits per heavy atom. The molecule has 53 heavy (non-hydrogen) atoms. The van der Waals surface area contributed by atoms with Crippen LogP contribution in [0.5, 0.6) is 0 Å². The van der Waals surface area contributed by atoms with Gasteiger partial charge in [-0.2, -0.15) is 0 Å². The molecule has 0 saturated carbocycles. The molecule has 0 bridgehead atoms. The Labute approximate surface area is 327 Å². The summed E-state index contributed by atoms with van der Waals surface area (Å²) in [6, 6.07) is 52.9. The fraction of sp³-hybridized carbons (Fsp3) is 0.122. The van der Waals surface area contributed by atoms with E-state index in [0.29, 0.717) is 0 Å². The van der Waals surface area contributed by atoms with E-state index in [1.54, 1.807) is 0 Å². The zero-order chi connectivity index (χ0) is 36.1. The van der Waals surface area contributed by atoms with Crippen molar-refractivity contribution < 1.29 is 20.1 Å². The van der Waals surface area contributed by atoms with E-state index < -0.39 is 0 Å². The van der Waals surface area contributed by atoms with Gasteiger partial charge in [-0.05, 0) is 93.2 Å². The second-order valence-corrected chi connectivity index (χ2v) is 14.1. The van der Waals surface area contributed by atoms with Crippen molar-refractivity contribution in [3.8, 4) is 55.9 Å². The number of pyridine rings is 3. The topological polar surface area (TPSA) is 38.7 Å². The molecule has 3 heterocycles. The van der Waals surface area contributed by atoms with Gasteiger partial charge in [0.1, 0.15) is 0 Å². The Morgan fingerprint density at radius 1 is 0.509 bits per heavy atom. The van der Waals surface area contributed by atoms with Crippen molar-refractivity contribution in [1.82, 2.24) is 15.0 Å². The molecular formula is C49H41IrN3-2. The van der Waals surface area contributed by atoms with Crippen LogP contribution in [-0.2, 0) is 25.5 Å². The first-order chi connectivity index (χ1) is 25.3. The van der Waals surface area contributed by atoms with Crippen LogP contribution in [0, 0.1) is 26.0 Å². The van der Waals surface area contributed by atoms with Gasteiger partial charge < -0.3 is 9.97 Å². The Bertz CT molecular complexity index is 2470. The van der Waals surface area contributed by atoms with Gasteiger partial charge in [-0.3, -0.25) is 4.98 Å². The van der Waals surface area contributed by atoms with Crippen molar-refractivity contribution in [2.75, 3.05) is 0 Å². The third-order valence-electron chi connectivity index (χ3n) is 9.44. The third-order valence-corrected chi connectivity index (χ3v) is 9.44. The molecule has 3 nitrogen and oxygen atoms in total. The van der Waals surface area contributed by atoms with Gasteiger partial charge in [0.2, 0.25) is 0 Å². The van der Waals surface area contributed by atoms with Crippen LogP contribution in [0.25, 0.3) is 66.7 Å². The van der Waals surface area contributed by atoms with Gasteiger partial charge in [0.25, 0.3) is 0 Å². The van der Waals surface area contributed by atoms with Crippen LogP contribution in [-0.4, -0.2) is 15.0 Å². The first kappa shape index (κ1) is 37.2. The fourth-order valence-electron chi connectivity index (χ4n) is 6.60. The molecule has 1 radical (unpaired) electrons. The third kappa shape index (κ3) is 8.42. The van der Waals surface area contributed by atoms with Gasteiger partial charge in [-0.15, -0.1) is 71.3 Å². The van der Waals surface area contributed by atoms with Crippen LogP contribution in [0.15, 0.2) is 158 Å². The van der Waals surface area contributed by atoms with Crippen molar-refractivity contribution in [3.63, 3.8) is 0 Å². The number of benzene rings is 5. The predicted molar refractivity (Wildman–Crippen MR) is 217 cm³/mol. The van der Waals surface area contributed by atoms with Crippen molar-refractivity contribution in [1.29, 1.82) is 0 Å². The van der Waals surface area contributed by atoms with E-state index in [1.165, 1.54) is 44.3 Å². The zero-order valence-electron chi connectivity index (χ0n) is 30.7. The van der Waals surface area contributed by atoms with E-state index in [4.69, 9.17) is 0 Å². The van der Waals surface area contributed by atoms with E-state index in [-0.39, 0.29) is 25.5 Å². The molecule has 0 saturated heterocycles. The summed E-state index contributed by atoms with van der Waals surface area (Å²) in [6.45, 7) is 11.0. The second-order valence-electron chi connectivity index (χ2n) is 14.1. The zero-order valence-corrected chi connectivity index (χ0v) is 33.1. The first-order valence-electron chi connectivity index (χ1n) is 17.7. The van der Waals surface area contributed by atoms with Crippen LogP contribution >= 0.6 is 0 Å². The van der Waals surface area contributed by atoms with Gasteiger partial charge >= 0.3 is 0 Å². The van der Waals surface area contributed by atoms with Crippen molar-refractivity contribution in [3.05, 3.63) is 187 Å².